The number of hydrogen-bond donors (Lipinski definition) is 1. The topological polar surface area (TPSA) is 26.7 Å². The molecule has 18 heavy (non-hydrogen) atoms. The normalized spacial score (nSPS) is 26.1. The molecule has 0 bridgehead atoms. The van der Waals surface area contributed by atoms with Crippen molar-refractivity contribution in [3.8, 4) is 0 Å². The van der Waals surface area contributed by atoms with E-state index in [1.54, 1.807) is 0 Å². The Labute approximate surface area is 114 Å². The number of anilines is 1. The number of aliphatic hydroxyl groups excluding tert-OH is 1. The Balaban J connectivity index is 2.27. The minimum absolute atomic E-state index is 0.111. The van der Waals surface area contributed by atoms with Crippen molar-refractivity contribution in [3.63, 3.8) is 0 Å². The second kappa shape index (κ2) is 5.91. The summed E-state index contributed by atoms with van der Waals surface area (Å²) in [6.07, 6.45) is 1.08. The van der Waals surface area contributed by atoms with Crippen LogP contribution in [0.4, 0.5) is 5.69 Å². The maximum Gasteiger partial charge on any atom is 0.0648 e. The zero-order valence-electron chi connectivity index (χ0n) is 11.0. The summed E-state index contributed by atoms with van der Waals surface area (Å²) in [6, 6.07) is 8.51. The van der Waals surface area contributed by atoms with Crippen LogP contribution in [-0.2, 0) is 0 Å². The van der Waals surface area contributed by atoms with Gasteiger partial charge in [-0.1, -0.05) is 23.7 Å². The number of aliphatic hydroxyl groups is 1. The van der Waals surface area contributed by atoms with Gasteiger partial charge in [-0.05, 0) is 32.5 Å². The van der Waals surface area contributed by atoms with Crippen molar-refractivity contribution in [3.05, 3.63) is 29.3 Å². The first-order valence-corrected chi connectivity index (χ1v) is 6.83. The number of halogens is 1. The first kappa shape index (κ1) is 13.7. The minimum atomic E-state index is 0.111. The van der Waals surface area contributed by atoms with Crippen LogP contribution in [0.5, 0.6) is 0 Å². The molecule has 2 rings (SSSR count). The summed E-state index contributed by atoms with van der Waals surface area (Å²) in [6.45, 7) is 4.18. The predicted octanol–water partition coefficient (Wildman–Crippen LogP) is 2.23. The average Bonchev–Trinajstić information content (AvgIpc) is 2.51. The molecule has 0 amide bonds. The van der Waals surface area contributed by atoms with Gasteiger partial charge in [0.1, 0.15) is 0 Å². The second-order valence-electron chi connectivity index (χ2n) is 5.06. The van der Waals surface area contributed by atoms with E-state index in [2.05, 4.69) is 23.8 Å². The molecule has 3 nitrogen and oxygen atoms in total. The van der Waals surface area contributed by atoms with Gasteiger partial charge in [0.05, 0.1) is 23.4 Å². The smallest absolute Gasteiger partial charge is 0.0648 e. The van der Waals surface area contributed by atoms with Crippen molar-refractivity contribution in [1.82, 2.24) is 4.90 Å². The summed E-state index contributed by atoms with van der Waals surface area (Å²) in [7, 11) is 2.11. The van der Waals surface area contributed by atoms with Crippen molar-refractivity contribution < 1.29 is 5.11 Å². The van der Waals surface area contributed by atoms with Crippen LogP contribution in [0.1, 0.15) is 13.3 Å². The lowest BCUT2D eigenvalue weighted by atomic mass is 10.2. The zero-order valence-corrected chi connectivity index (χ0v) is 11.8. The van der Waals surface area contributed by atoms with E-state index in [1.807, 2.05) is 24.3 Å². The second-order valence-corrected chi connectivity index (χ2v) is 5.47. The SMILES string of the molecule is CC1CCN(c2ccccc2Cl)C(CO)CN1C. The fraction of sp³-hybridized carbons (Fsp3) is 0.571. The third kappa shape index (κ3) is 2.79. The van der Waals surface area contributed by atoms with Gasteiger partial charge in [-0.3, -0.25) is 0 Å². The van der Waals surface area contributed by atoms with E-state index >= 15 is 0 Å². The third-order valence-corrected chi connectivity index (χ3v) is 4.17. The van der Waals surface area contributed by atoms with Crippen molar-refractivity contribution in [2.45, 2.75) is 25.4 Å². The fourth-order valence-electron chi connectivity index (χ4n) is 2.50. The van der Waals surface area contributed by atoms with E-state index < -0.39 is 0 Å². The van der Waals surface area contributed by atoms with Gasteiger partial charge in [-0.25, -0.2) is 0 Å². The number of likely N-dealkylation sites (N-methyl/N-ethyl adjacent to an activating group) is 1. The Morgan fingerprint density at radius 1 is 1.39 bits per heavy atom. The molecular formula is C14H21ClN2O. The van der Waals surface area contributed by atoms with Gasteiger partial charge in [0.15, 0.2) is 0 Å². The highest BCUT2D eigenvalue weighted by molar-refractivity contribution is 6.33. The van der Waals surface area contributed by atoms with Gasteiger partial charge >= 0.3 is 0 Å². The standard InChI is InChI=1S/C14H21ClN2O/c1-11-7-8-17(12(10-18)9-16(11)2)14-6-4-3-5-13(14)15/h3-6,11-12,18H,7-10H2,1-2H3. The number of benzene rings is 1. The lowest BCUT2D eigenvalue weighted by Gasteiger charge is -2.32. The van der Waals surface area contributed by atoms with E-state index in [1.165, 1.54) is 0 Å². The van der Waals surface area contributed by atoms with Crippen molar-refractivity contribution >= 4 is 17.3 Å². The molecule has 1 aliphatic heterocycles. The highest BCUT2D eigenvalue weighted by atomic mass is 35.5. The molecule has 0 spiro atoms. The number of nitrogens with zero attached hydrogens (tertiary/aromatic N) is 2. The van der Waals surface area contributed by atoms with Crippen LogP contribution >= 0.6 is 11.6 Å². The molecule has 0 aromatic heterocycles. The summed E-state index contributed by atoms with van der Waals surface area (Å²) in [5.74, 6) is 0. The van der Waals surface area contributed by atoms with Crippen LogP contribution in [-0.4, -0.2) is 48.8 Å². The van der Waals surface area contributed by atoms with E-state index in [0.29, 0.717) is 6.04 Å². The van der Waals surface area contributed by atoms with Crippen LogP contribution in [0.15, 0.2) is 24.3 Å². The van der Waals surface area contributed by atoms with E-state index in [4.69, 9.17) is 11.6 Å². The molecule has 0 saturated carbocycles. The van der Waals surface area contributed by atoms with Crippen molar-refractivity contribution in [2.24, 2.45) is 0 Å². The molecule has 1 heterocycles. The van der Waals surface area contributed by atoms with Gasteiger partial charge in [0.2, 0.25) is 0 Å². The Bertz CT molecular complexity index is 399. The quantitative estimate of drug-likeness (QED) is 0.891. The molecule has 2 unspecified atom stereocenters. The lowest BCUT2D eigenvalue weighted by molar-refractivity contribution is 0.206. The zero-order chi connectivity index (χ0) is 13.1. The van der Waals surface area contributed by atoms with Gasteiger partial charge < -0.3 is 14.9 Å². The van der Waals surface area contributed by atoms with Gasteiger partial charge in [0.25, 0.3) is 0 Å². The molecule has 1 fully saturated rings. The van der Waals surface area contributed by atoms with Crippen LogP contribution in [0.2, 0.25) is 5.02 Å². The maximum atomic E-state index is 9.63. The minimum Gasteiger partial charge on any atom is -0.394 e. The summed E-state index contributed by atoms with van der Waals surface area (Å²) >= 11 is 6.27. The molecule has 1 aromatic rings. The summed E-state index contributed by atoms with van der Waals surface area (Å²) in [5, 5.41) is 10.4. The molecule has 1 aliphatic rings. The molecular weight excluding hydrogens is 248 g/mol. The number of para-hydroxylation sites is 1. The molecule has 1 saturated heterocycles. The van der Waals surface area contributed by atoms with Gasteiger partial charge in [0, 0.05) is 19.1 Å². The summed E-state index contributed by atoms with van der Waals surface area (Å²) in [5.41, 5.74) is 1.03. The van der Waals surface area contributed by atoms with Crippen LogP contribution < -0.4 is 4.90 Å². The molecule has 0 radical (unpaired) electrons. The molecule has 4 heteroatoms. The highest BCUT2D eigenvalue weighted by Gasteiger charge is 2.27. The first-order valence-electron chi connectivity index (χ1n) is 6.45. The van der Waals surface area contributed by atoms with E-state index in [-0.39, 0.29) is 12.6 Å². The fourth-order valence-corrected chi connectivity index (χ4v) is 2.74. The molecule has 2 atom stereocenters. The first-order chi connectivity index (χ1) is 8.63. The van der Waals surface area contributed by atoms with Crippen molar-refractivity contribution in [2.75, 3.05) is 31.6 Å². The summed E-state index contributed by atoms with van der Waals surface area (Å²) in [4.78, 5) is 4.54. The Morgan fingerprint density at radius 3 is 2.78 bits per heavy atom. The van der Waals surface area contributed by atoms with Crippen LogP contribution in [0.25, 0.3) is 0 Å². The van der Waals surface area contributed by atoms with E-state index in [9.17, 15) is 5.11 Å². The number of hydrogen-bond acceptors (Lipinski definition) is 3. The Hall–Kier alpha value is -0.770. The van der Waals surface area contributed by atoms with Gasteiger partial charge in [-0.2, -0.15) is 0 Å². The lowest BCUT2D eigenvalue weighted by Crippen LogP contribution is -2.43. The van der Waals surface area contributed by atoms with Gasteiger partial charge in [-0.15, -0.1) is 0 Å². The van der Waals surface area contributed by atoms with Crippen LogP contribution in [0, 0.1) is 0 Å². The Kier molecular flexibility index (Phi) is 4.49. The molecule has 1 N–H and O–H groups in total. The average molecular weight is 269 g/mol. The molecule has 100 valence electrons. The molecule has 1 aromatic carbocycles. The van der Waals surface area contributed by atoms with Crippen molar-refractivity contribution in [1.29, 1.82) is 0 Å². The maximum absolute atomic E-state index is 9.63. The molecule has 0 aliphatic carbocycles. The monoisotopic (exact) mass is 268 g/mol. The predicted molar refractivity (Wildman–Crippen MR) is 76.4 cm³/mol. The van der Waals surface area contributed by atoms with E-state index in [0.717, 1.165) is 30.2 Å². The Morgan fingerprint density at radius 2 is 2.11 bits per heavy atom. The third-order valence-electron chi connectivity index (χ3n) is 3.85. The van der Waals surface area contributed by atoms with Crippen LogP contribution in [0.3, 0.4) is 0 Å². The highest BCUT2D eigenvalue weighted by Crippen LogP contribution is 2.29. The largest absolute Gasteiger partial charge is 0.394 e. The number of rotatable bonds is 2. The summed E-state index contributed by atoms with van der Waals surface area (Å²) < 4.78 is 0.